The molecule has 5 aromatic rings. The summed E-state index contributed by atoms with van der Waals surface area (Å²) >= 11 is 0. The van der Waals surface area contributed by atoms with Crippen molar-refractivity contribution in [2.24, 2.45) is 0 Å². The zero-order chi connectivity index (χ0) is 25.3. The van der Waals surface area contributed by atoms with Gasteiger partial charge in [-0.2, -0.15) is 23.3 Å². The summed E-state index contributed by atoms with van der Waals surface area (Å²) in [5.41, 5.74) is 1.33. The smallest absolute Gasteiger partial charge is 0.417 e. The molecule has 0 aliphatic heterocycles. The number of aryl methyl sites for hydroxylation is 1. The Bertz CT molecular complexity index is 1540. The first-order chi connectivity index (χ1) is 17.3. The molecule has 0 radical (unpaired) electrons. The number of carboxylic acid groups (broad SMARTS) is 1. The minimum Gasteiger partial charge on any atom is -0.481 e. The topological polar surface area (TPSA) is 94.0 Å². The van der Waals surface area contributed by atoms with Gasteiger partial charge >= 0.3 is 12.1 Å². The van der Waals surface area contributed by atoms with Gasteiger partial charge in [0.1, 0.15) is 0 Å². The van der Waals surface area contributed by atoms with Gasteiger partial charge in [0.05, 0.1) is 17.3 Å². The predicted molar refractivity (Wildman–Crippen MR) is 126 cm³/mol. The number of halogens is 3. The van der Waals surface area contributed by atoms with Crippen molar-refractivity contribution in [2.45, 2.75) is 25.6 Å². The predicted octanol–water partition coefficient (Wildman–Crippen LogP) is 6.30. The molecule has 0 fully saturated rings. The second-order valence-corrected chi connectivity index (χ2v) is 8.19. The van der Waals surface area contributed by atoms with Gasteiger partial charge < -0.3 is 9.63 Å². The molecule has 36 heavy (non-hydrogen) atoms. The number of aromatic nitrogens is 4. The van der Waals surface area contributed by atoms with Crippen LogP contribution in [-0.2, 0) is 17.5 Å². The lowest BCUT2D eigenvalue weighted by Gasteiger charge is -2.14. The highest BCUT2D eigenvalue weighted by atomic mass is 19.4. The summed E-state index contributed by atoms with van der Waals surface area (Å²) in [6.07, 6.45) is -2.42. The zero-order valence-corrected chi connectivity index (χ0v) is 18.7. The second-order valence-electron chi connectivity index (χ2n) is 8.19. The molecule has 0 saturated heterocycles. The molecule has 0 spiro atoms. The lowest BCUT2D eigenvalue weighted by Crippen LogP contribution is -2.07. The van der Waals surface area contributed by atoms with Crippen LogP contribution in [0.1, 0.15) is 18.4 Å². The molecule has 182 valence electrons. The fourth-order valence-electron chi connectivity index (χ4n) is 4.02. The van der Waals surface area contributed by atoms with E-state index in [2.05, 4.69) is 15.2 Å². The molecule has 0 amide bonds. The standard InChI is InChI=1S/C26H19F3N4O3/c27-26(28,29)21-14-18(8-10-20(21)16-5-2-1-3-6-16)25-31-24(32-36-25)17-9-11-22-19(13-17)15-30-33(22)12-4-7-23(34)35/h1-3,5-6,8-11,13-15H,4,7,12H2,(H,34,35). The largest absolute Gasteiger partial charge is 0.481 e. The summed E-state index contributed by atoms with van der Waals surface area (Å²) in [6.45, 7) is 0.460. The van der Waals surface area contributed by atoms with Gasteiger partial charge in [0, 0.05) is 29.5 Å². The number of hydrogen-bond acceptors (Lipinski definition) is 5. The Morgan fingerprint density at radius 3 is 2.50 bits per heavy atom. The molecule has 2 aromatic heterocycles. The summed E-state index contributed by atoms with van der Waals surface area (Å²) < 4.78 is 48.6. The molecule has 0 unspecified atom stereocenters. The van der Waals surface area contributed by atoms with Crippen LogP contribution in [0.25, 0.3) is 44.9 Å². The zero-order valence-electron chi connectivity index (χ0n) is 18.7. The number of nitrogens with zero attached hydrogens (tertiary/aromatic N) is 4. The fraction of sp³-hybridized carbons (Fsp3) is 0.154. The summed E-state index contributed by atoms with van der Waals surface area (Å²) in [5, 5.41) is 17.9. The van der Waals surface area contributed by atoms with Crippen LogP contribution >= 0.6 is 0 Å². The van der Waals surface area contributed by atoms with Crippen molar-refractivity contribution in [3.05, 3.63) is 78.5 Å². The molecule has 10 heteroatoms. The maximum Gasteiger partial charge on any atom is 0.417 e. The number of hydrogen-bond donors (Lipinski definition) is 1. The van der Waals surface area contributed by atoms with Crippen molar-refractivity contribution in [1.29, 1.82) is 0 Å². The maximum absolute atomic E-state index is 13.9. The van der Waals surface area contributed by atoms with Gasteiger partial charge in [-0.3, -0.25) is 9.48 Å². The van der Waals surface area contributed by atoms with Crippen LogP contribution in [0.5, 0.6) is 0 Å². The molecule has 0 bridgehead atoms. The van der Waals surface area contributed by atoms with Crippen molar-refractivity contribution in [3.63, 3.8) is 0 Å². The molecule has 3 aromatic carbocycles. The molecule has 0 aliphatic rings. The van der Waals surface area contributed by atoms with Crippen molar-refractivity contribution in [1.82, 2.24) is 19.9 Å². The van der Waals surface area contributed by atoms with Crippen LogP contribution < -0.4 is 0 Å². The van der Waals surface area contributed by atoms with Gasteiger partial charge in [-0.1, -0.05) is 41.6 Å². The first-order valence-electron chi connectivity index (χ1n) is 11.1. The average Bonchev–Trinajstić information content (AvgIpc) is 3.51. The third-order valence-electron chi connectivity index (χ3n) is 5.74. The van der Waals surface area contributed by atoms with Crippen LogP contribution in [0.4, 0.5) is 13.2 Å². The van der Waals surface area contributed by atoms with E-state index in [1.165, 1.54) is 12.1 Å². The molecule has 7 nitrogen and oxygen atoms in total. The van der Waals surface area contributed by atoms with E-state index in [1.807, 2.05) is 6.07 Å². The van der Waals surface area contributed by atoms with E-state index in [-0.39, 0.29) is 29.3 Å². The highest BCUT2D eigenvalue weighted by molar-refractivity contribution is 5.83. The van der Waals surface area contributed by atoms with Gasteiger partial charge in [-0.25, -0.2) is 0 Å². The molecule has 0 saturated carbocycles. The van der Waals surface area contributed by atoms with Crippen LogP contribution in [0.15, 0.2) is 77.4 Å². The molecule has 0 atom stereocenters. The quantitative estimate of drug-likeness (QED) is 0.286. The number of aliphatic carboxylic acids is 1. The van der Waals surface area contributed by atoms with Crippen LogP contribution in [-0.4, -0.2) is 31.0 Å². The Kier molecular flexibility index (Phi) is 6.01. The van der Waals surface area contributed by atoms with Gasteiger partial charge in [0.15, 0.2) is 0 Å². The molecular weight excluding hydrogens is 473 g/mol. The molecule has 0 aliphatic carbocycles. The third-order valence-corrected chi connectivity index (χ3v) is 5.74. The average molecular weight is 492 g/mol. The summed E-state index contributed by atoms with van der Waals surface area (Å²) in [4.78, 5) is 15.1. The lowest BCUT2D eigenvalue weighted by molar-refractivity contribution is -0.138. The number of carboxylic acids is 1. The summed E-state index contributed by atoms with van der Waals surface area (Å²) in [6, 6.07) is 17.7. The van der Waals surface area contributed by atoms with Crippen molar-refractivity contribution in [3.8, 4) is 34.0 Å². The molecule has 2 heterocycles. The number of rotatable bonds is 7. The van der Waals surface area contributed by atoms with E-state index in [9.17, 15) is 18.0 Å². The summed E-state index contributed by atoms with van der Waals surface area (Å²) in [7, 11) is 0. The van der Waals surface area contributed by atoms with Crippen LogP contribution in [0, 0.1) is 0 Å². The van der Waals surface area contributed by atoms with Crippen LogP contribution in [0.3, 0.4) is 0 Å². The Morgan fingerprint density at radius 2 is 1.75 bits per heavy atom. The molecule has 5 rings (SSSR count). The fourth-order valence-corrected chi connectivity index (χ4v) is 4.02. The minimum absolute atomic E-state index is 0.0282. The Labute approximate surface area is 202 Å². The van der Waals surface area contributed by atoms with Crippen LogP contribution in [0.2, 0.25) is 0 Å². The normalized spacial score (nSPS) is 11.8. The van der Waals surface area contributed by atoms with E-state index in [0.29, 0.717) is 24.1 Å². The minimum atomic E-state index is -4.57. The molecule has 1 N–H and O–H groups in total. The van der Waals surface area contributed by atoms with E-state index >= 15 is 0 Å². The third kappa shape index (κ3) is 4.70. The lowest BCUT2D eigenvalue weighted by atomic mass is 9.97. The number of fused-ring (bicyclic) bond motifs is 1. The van der Waals surface area contributed by atoms with Gasteiger partial charge in [-0.15, -0.1) is 0 Å². The SMILES string of the molecule is O=C(O)CCCn1ncc2cc(-c3noc(-c4ccc(-c5ccccc5)c(C(F)(F)F)c4)n3)ccc21. The Balaban J connectivity index is 1.44. The van der Waals surface area contributed by atoms with Gasteiger partial charge in [0.25, 0.3) is 5.89 Å². The van der Waals surface area contributed by atoms with E-state index in [4.69, 9.17) is 9.63 Å². The van der Waals surface area contributed by atoms with E-state index in [1.54, 1.807) is 53.3 Å². The highest BCUT2D eigenvalue weighted by Crippen LogP contribution is 2.39. The van der Waals surface area contributed by atoms with E-state index in [0.717, 1.165) is 17.0 Å². The number of benzene rings is 3. The van der Waals surface area contributed by atoms with Crippen molar-refractivity contribution < 1.29 is 27.6 Å². The highest BCUT2D eigenvalue weighted by Gasteiger charge is 2.34. The monoisotopic (exact) mass is 492 g/mol. The molecular formula is C26H19F3N4O3. The van der Waals surface area contributed by atoms with Gasteiger partial charge in [-0.05, 0) is 47.9 Å². The Morgan fingerprint density at radius 1 is 0.972 bits per heavy atom. The maximum atomic E-state index is 13.9. The number of carbonyl (C=O) groups is 1. The van der Waals surface area contributed by atoms with Gasteiger partial charge in [0.2, 0.25) is 5.82 Å². The number of alkyl halides is 3. The first-order valence-corrected chi connectivity index (χ1v) is 11.1. The Hall–Kier alpha value is -4.47. The van der Waals surface area contributed by atoms with Crippen molar-refractivity contribution >= 4 is 16.9 Å². The first kappa shape index (κ1) is 23.3. The van der Waals surface area contributed by atoms with Crippen molar-refractivity contribution in [2.75, 3.05) is 0 Å². The second kappa shape index (κ2) is 9.29. The summed E-state index contributed by atoms with van der Waals surface area (Å²) in [5.74, 6) is -0.662. The van der Waals surface area contributed by atoms with E-state index < -0.39 is 17.7 Å².